The van der Waals surface area contributed by atoms with E-state index in [9.17, 15) is 8.42 Å². The van der Waals surface area contributed by atoms with Gasteiger partial charge >= 0.3 is 0 Å². The van der Waals surface area contributed by atoms with Crippen LogP contribution in [0.15, 0.2) is 0 Å². The van der Waals surface area contributed by atoms with Crippen LogP contribution in [-0.2, 0) is 29.9 Å². The molecule has 0 radical (unpaired) electrons. The summed E-state index contributed by atoms with van der Waals surface area (Å²) in [5.41, 5.74) is 8.47. The van der Waals surface area contributed by atoms with Gasteiger partial charge in [-0.25, -0.2) is 13.4 Å². The minimum atomic E-state index is -2.95. The molecule has 19 heavy (non-hydrogen) atoms. The number of nitrogen functional groups attached to an aromatic ring is 1. The molecule has 0 fully saturated rings. The van der Waals surface area contributed by atoms with Crippen molar-refractivity contribution in [1.29, 1.82) is 0 Å². The molecule has 0 atom stereocenters. The lowest BCUT2D eigenvalue weighted by Crippen LogP contribution is -2.11. The molecule has 7 nitrogen and oxygen atoms in total. The normalized spacial score (nSPS) is 12.4. The van der Waals surface area contributed by atoms with Crippen molar-refractivity contribution in [3.05, 3.63) is 5.69 Å². The number of hydrogen-bond donors (Lipinski definition) is 1. The molecule has 0 aromatic carbocycles. The second-order valence-corrected chi connectivity index (χ2v) is 6.96. The first-order chi connectivity index (χ1) is 8.83. The fourth-order valence-corrected chi connectivity index (χ4v) is 2.86. The molecule has 106 valence electrons. The van der Waals surface area contributed by atoms with Crippen LogP contribution in [0.2, 0.25) is 0 Å². The van der Waals surface area contributed by atoms with Gasteiger partial charge in [0.05, 0.1) is 11.4 Å². The first-order valence-corrected chi connectivity index (χ1v) is 8.25. The summed E-state index contributed by atoms with van der Waals surface area (Å²) in [4.78, 5) is 4.33. The Balaban J connectivity index is 2.32. The minimum Gasteiger partial charge on any atom is -0.369 e. The van der Waals surface area contributed by atoms with E-state index in [0.29, 0.717) is 18.9 Å². The Kier molecular flexibility index (Phi) is 3.53. The van der Waals surface area contributed by atoms with Crippen molar-refractivity contribution in [3.63, 3.8) is 0 Å². The largest absolute Gasteiger partial charge is 0.369 e. The molecular formula is C11H19N5O2S. The average Bonchev–Trinajstić information content (AvgIpc) is 2.76. The Hall–Kier alpha value is -1.57. The molecule has 0 unspecified atom stereocenters. The molecule has 2 heterocycles. The fraction of sp³-hybridized carbons (Fsp3) is 0.636. The Bertz CT molecular complexity index is 698. The fourth-order valence-electron chi connectivity index (χ4n) is 2.20. The summed E-state index contributed by atoms with van der Waals surface area (Å²) < 4.78 is 25.9. The first kappa shape index (κ1) is 13.9. The number of nitrogens with zero attached hydrogens (tertiary/aromatic N) is 4. The highest BCUT2D eigenvalue weighted by Crippen LogP contribution is 2.21. The van der Waals surface area contributed by atoms with Gasteiger partial charge in [-0.3, -0.25) is 9.25 Å². The van der Waals surface area contributed by atoms with Gasteiger partial charge in [0.15, 0.2) is 5.65 Å². The van der Waals surface area contributed by atoms with E-state index in [1.807, 2.05) is 18.5 Å². The van der Waals surface area contributed by atoms with E-state index in [2.05, 4.69) is 10.1 Å². The van der Waals surface area contributed by atoms with Gasteiger partial charge < -0.3 is 5.73 Å². The number of fused-ring (bicyclic) bond motifs is 1. The third kappa shape index (κ3) is 2.73. The number of aryl methyl sites for hydroxylation is 3. The molecule has 0 bridgehead atoms. The van der Waals surface area contributed by atoms with E-state index in [1.54, 1.807) is 4.68 Å². The maximum absolute atomic E-state index is 11.2. The number of anilines is 1. The summed E-state index contributed by atoms with van der Waals surface area (Å²) >= 11 is 0. The van der Waals surface area contributed by atoms with Gasteiger partial charge in [0.2, 0.25) is 5.95 Å². The molecule has 2 N–H and O–H groups in total. The molecule has 2 aromatic rings. The predicted octanol–water partition coefficient (Wildman–Crippen LogP) is 0.349. The molecule has 0 saturated carbocycles. The van der Waals surface area contributed by atoms with Crippen molar-refractivity contribution in [2.45, 2.75) is 26.3 Å². The van der Waals surface area contributed by atoms with Crippen LogP contribution in [0.25, 0.3) is 11.2 Å². The maximum Gasteiger partial charge on any atom is 0.202 e. The van der Waals surface area contributed by atoms with Gasteiger partial charge in [-0.1, -0.05) is 6.92 Å². The highest BCUT2D eigenvalue weighted by molar-refractivity contribution is 7.90. The third-order valence-corrected chi connectivity index (χ3v) is 4.08. The molecule has 0 saturated heterocycles. The number of imidazole rings is 1. The number of nitrogens with two attached hydrogens (primary N) is 1. The van der Waals surface area contributed by atoms with Gasteiger partial charge in [0, 0.05) is 19.8 Å². The van der Waals surface area contributed by atoms with E-state index in [1.165, 1.54) is 6.26 Å². The topological polar surface area (TPSA) is 95.8 Å². The van der Waals surface area contributed by atoms with E-state index in [4.69, 9.17) is 5.73 Å². The van der Waals surface area contributed by atoms with Gasteiger partial charge in [0.25, 0.3) is 0 Å². The van der Waals surface area contributed by atoms with Crippen LogP contribution in [0.1, 0.15) is 19.0 Å². The third-order valence-electron chi connectivity index (χ3n) is 3.05. The van der Waals surface area contributed by atoms with Crippen LogP contribution in [0.3, 0.4) is 0 Å². The zero-order chi connectivity index (χ0) is 14.2. The molecule has 0 amide bonds. The second kappa shape index (κ2) is 4.84. The quantitative estimate of drug-likeness (QED) is 0.855. The van der Waals surface area contributed by atoms with E-state index < -0.39 is 9.84 Å². The van der Waals surface area contributed by atoms with Gasteiger partial charge in [-0.05, 0) is 12.8 Å². The van der Waals surface area contributed by atoms with Crippen LogP contribution in [0.4, 0.5) is 5.95 Å². The molecular weight excluding hydrogens is 266 g/mol. The van der Waals surface area contributed by atoms with Crippen LogP contribution >= 0.6 is 0 Å². The predicted molar refractivity (Wildman–Crippen MR) is 74.6 cm³/mol. The summed E-state index contributed by atoms with van der Waals surface area (Å²) in [5, 5.41) is 4.39. The summed E-state index contributed by atoms with van der Waals surface area (Å²) in [7, 11) is -1.11. The first-order valence-electron chi connectivity index (χ1n) is 6.18. The molecule has 0 aliphatic rings. The Morgan fingerprint density at radius 1 is 1.37 bits per heavy atom. The molecule has 2 aromatic heterocycles. The van der Waals surface area contributed by atoms with Gasteiger partial charge in [-0.15, -0.1) is 0 Å². The van der Waals surface area contributed by atoms with Crippen molar-refractivity contribution in [3.8, 4) is 0 Å². The summed E-state index contributed by atoms with van der Waals surface area (Å²) in [5.74, 6) is 0.552. The van der Waals surface area contributed by atoms with E-state index >= 15 is 0 Å². The summed E-state index contributed by atoms with van der Waals surface area (Å²) in [6.45, 7) is 2.54. The molecule has 0 aliphatic heterocycles. The highest BCUT2D eigenvalue weighted by atomic mass is 32.2. The lowest BCUT2D eigenvalue weighted by molar-refractivity contribution is 0.592. The van der Waals surface area contributed by atoms with Crippen molar-refractivity contribution < 1.29 is 8.42 Å². The number of sulfone groups is 1. The molecule has 8 heteroatoms. The van der Waals surface area contributed by atoms with Crippen molar-refractivity contribution in [2.75, 3.05) is 17.7 Å². The SMILES string of the molecule is CCc1nn(C)c2c1nc(N)n2CCCS(C)(=O)=O. The maximum atomic E-state index is 11.2. The van der Waals surface area contributed by atoms with Crippen molar-refractivity contribution >= 4 is 26.9 Å². The molecule has 2 rings (SSSR count). The van der Waals surface area contributed by atoms with Gasteiger partial charge in [0.1, 0.15) is 15.4 Å². The van der Waals surface area contributed by atoms with E-state index in [-0.39, 0.29) is 5.75 Å². The highest BCUT2D eigenvalue weighted by Gasteiger charge is 2.16. The monoisotopic (exact) mass is 285 g/mol. The summed E-state index contributed by atoms with van der Waals surface area (Å²) in [6.07, 6.45) is 2.54. The number of aromatic nitrogens is 4. The van der Waals surface area contributed by atoms with E-state index in [0.717, 1.165) is 23.3 Å². The van der Waals surface area contributed by atoms with Crippen molar-refractivity contribution in [2.24, 2.45) is 7.05 Å². The van der Waals surface area contributed by atoms with Crippen molar-refractivity contribution in [1.82, 2.24) is 19.3 Å². The van der Waals surface area contributed by atoms with Gasteiger partial charge in [-0.2, -0.15) is 5.10 Å². The molecule has 0 spiro atoms. The Labute approximate surface area is 112 Å². The minimum absolute atomic E-state index is 0.143. The zero-order valence-electron chi connectivity index (χ0n) is 11.4. The smallest absolute Gasteiger partial charge is 0.202 e. The van der Waals surface area contributed by atoms with Crippen LogP contribution in [0.5, 0.6) is 0 Å². The zero-order valence-corrected chi connectivity index (χ0v) is 12.2. The lowest BCUT2D eigenvalue weighted by Gasteiger charge is -2.06. The standard InChI is InChI=1S/C11H19N5O2S/c1-4-8-9-10(15(2)14-8)16(11(12)13-9)6-5-7-19(3,17)18/h4-7H2,1-3H3,(H2,12,13). The number of rotatable bonds is 5. The Morgan fingerprint density at radius 3 is 2.63 bits per heavy atom. The van der Waals surface area contributed by atoms with Crippen LogP contribution in [-0.4, -0.2) is 39.8 Å². The van der Waals surface area contributed by atoms with Crippen LogP contribution in [0, 0.1) is 0 Å². The second-order valence-electron chi connectivity index (χ2n) is 4.70. The lowest BCUT2D eigenvalue weighted by atomic mass is 10.3. The Morgan fingerprint density at radius 2 is 2.05 bits per heavy atom. The average molecular weight is 285 g/mol. The van der Waals surface area contributed by atoms with Crippen LogP contribution < -0.4 is 5.73 Å². The molecule has 0 aliphatic carbocycles. The summed E-state index contributed by atoms with van der Waals surface area (Å²) in [6, 6.07) is 0. The number of hydrogen-bond acceptors (Lipinski definition) is 5.